The summed E-state index contributed by atoms with van der Waals surface area (Å²) in [5, 5.41) is 0. The van der Waals surface area contributed by atoms with Gasteiger partial charge in [0.05, 0.1) is 11.5 Å². The predicted molar refractivity (Wildman–Crippen MR) is 102 cm³/mol. The third-order valence-electron chi connectivity index (χ3n) is 5.27. The van der Waals surface area contributed by atoms with E-state index >= 15 is 0 Å². The Bertz CT molecular complexity index is 970. The monoisotopic (exact) mass is 436 g/mol. The lowest BCUT2D eigenvalue weighted by Crippen LogP contribution is -2.37. The fraction of sp³-hybridized carbons (Fsp3) is 0.381. The number of Topliss-reactive ketones (excluding diaryl/α,β-unsaturated/α-hetero) is 1. The van der Waals surface area contributed by atoms with E-state index < -0.39 is 17.7 Å². The normalized spacial score (nSPS) is 16.3. The standard InChI is InChI=1S/C21H19F3N2O5/c22-21(23,24)15-2-4-19(25-10-15)26-7-5-13(6-8-26)20(28)29-11-16(27)14-1-3-17-18(9-14)31-12-30-17/h1-4,9-10,13H,5-8,11-12H2. The fourth-order valence-corrected chi connectivity index (χ4v) is 3.49. The van der Waals surface area contributed by atoms with Crippen LogP contribution in [0.5, 0.6) is 11.5 Å². The molecule has 0 aliphatic carbocycles. The molecule has 0 amide bonds. The van der Waals surface area contributed by atoms with E-state index in [9.17, 15) is 22.8 Å². The number of rotatable bonds is 5. The van der Waals surface area contributed by atoms with Gasteiger partial charge in [0.2, 0.25) is 6.79 Å². The molecule has 1 fully saturated rings. The van der Waals surface area contributed by atoms with Crippen molar-refractivity contribution in [1.29, 1.82) is 0 Å². The number of piperidine rings is 1. The molecule has 0 N–H and O–H groups in total. The number of ketones is 1. The van der Waals surface area contributed by atoms with E-state index in [-0.39, 0.29) is 25.1 Å². The summed E-state index contributed by atoms with van der Waals surface area (Å²) in [5.74, 6) is 0.268. The van der Waals surface area contributed by atoms with Crippen molar-refractivity contribution in [3.05, 3.63) is 47.7 Å². The predicted octanol–water partition coefficient (Wildman–Crippen LogP) is 3.47. The maximum atomic E-state index is 12.7. The highest BCUT2D eigenvalue weighted by molar-refractivity contribution is 5.98. The number of carbonyl (C=O) groups is 2. The summed E-state index contributed by atoms with van der Waals surface area (Å²) in [4.78, 5) is 30.3. The van der Waals surface area contributed by atoms with Crippen LogP contribution < -0.4 is 14.4 Å². The molecule has 0 radical (unpaired) electrons. The van der Waals surface area contributed by atoms with Crippen LogP contribution in [0.3, 0.4) is 0 Å². The number of benzene rings is 1. The minimum Gasteiger partial charge on any atom is -0.457 e. The molecular formula is C21H19F3N2O5. The van der Waals surface area contributed by atoms with Crippen molar-refractivity contribution in [2.75, 3.05) is 31.4 Å². The molecule has 0 saturated carbocycles. The molecule has 0 spiro atoms. The first kappa shape index (κ1) is 21.0. The number of esters is 1. The minimum absolute atomic E-state index is 0.0999. The molecule has 1 aromatic heterocycles. The van der Waals surface area contributed by atoms with Gasteiger partial charge in [-0.2, -0.15) is 13.2 Å². The highest BCUT2D eigenvalue weighted by Crippen LogP contribution is 2.33. The SMILES string of the molecule is O=C(COC(=O)C1CCN(c2ccc(C(F)(F)F)cn2)CC1)c1ccc2c(c1)OCO2. The molecule has 4 rings (SSSR count). The number of carbonyl (C=O) groups excluding carboxylic acids is 2. The van der Waals surface area contributed by atoms with E-state index in [0.29, 0.717) is 48.8 Å². The van der Waals surface area contributed by atoms with E-state index in [1.54, 1.807) is 18.2 Å². The van der Waals surface area contributed by atoms with Crippen LogP contribution in [0.4, 0.5) is 19.0 Å². The van der Waals surface area contributed by atoms with Gasteiger partial charge >= 0.3 is 12.1 Å². The maximum Gasteiger partial charge on any atom is 0.417 e. The summed E-state index contributed by atoms with van der Waals surface area (Å²) in [6, 6.07) is 7.08. The van der Waals surface area contributed by atoms with E-state index in [2.05, 4.69) is 4.98 Å². The quantitative estimate of drug-likeness (QED) is 0.525. The molecule has 1 saturated heterocycles. The molecule has 2 aliphatic rings. The fourth-order valence-electron chi connectivity index (χ4n) is 3.49. The van der Waals surface area contributed by atoms with Crippen LogP contribution >= 0.6 is 0 Å². The summed E-state index contributed by atoms with van der Waals surface area (Å²) >= 11 is 0. The van der Waals surface area contributed by atoms with Crippen LogP contribution in [0, 0.1) is 5.92 Å². The van der Waals surface area contributed by atoms with Crippen molar-refractivity contribution in [2.45, 2.75) is 19.0 Å². The number of hydrogen-bond acceptors (Lipinski definition) is 7. The van der Waals surface area contributed by atoms with Crippen LogP contribution in [0.1, 0.15) is 28.8 Å². The van der Waals surface area contributed by atoms with E-state index in [0.717, 1.165) is 12.3 Å². The van der Waals surface area contributed by atoms with Crippen LogP contribution in [0.2, 0.25) is 0 Å². The molecule has 0 unspecified atom stereocenters. The van der Waals surface area contributed by atoms with Crippen molar-refractivity contribution in [2.24, 2.45) is 5.92 Å². The van der Waals surface area contributed by atoms with E-state index in [4.69, 9.17) is 14.2 Å². The van der Waals surface area contributed by atoms with Gasteiger partial charge in [-0.1, -0.05) is 0 Å². The zero-order valence-electron chi connectivity index (χ0n) is 16.4. The van der Waals surface area contributed by atoms with Gasteiger partial charge in [0, 0.05) is 24.8 Å². The number of anilines is 1. The first-order valence-electron chi connectivity index (χ1n) is 9.69. The molecule has 7 nitrogen and oxygen atoms in total. The summed E-state index contributed by atoms with van der Waals surface area (Å²) in [5.41, 5.74) is -0.443. The van der Waals surface area contributed by atoms with Crippen molar-refractivity contribution < 1.29 is 37.0 Å². The maximum absolute atomic E-state index is 12.7. The van der Waals surface area contributed by atoms with E-state index in [1.165, 1.54) is 6.07 Å². The summed E-state index contributed by atoms with van der Waals surface area (Å²) in [6.07, 6.45) is -2.71. The molecule has 0 bridgehead atoms. The van der Waals surface area contributed by atoms with Gasteiger partial charge in [-0.05, 0) is 43.2 Å². The first-order valence-corrected chi connectivity index (χ1v) is 9.69. The Morgan fingerprint density at radius 1 is 1.10 bits per heavy atom. The number of aromatic nitrogens is 1. The van der Waals surface area contributed by atoms with Crippen LogP contribution in [0.25, 0.3) is 0 Å². The largest absolute Gasteiger partial charge is 0.457 e. The van der Waals surface area contributed by atoms with Crippen LogP contribution in [0.15, 0.2) is 36.5 Å². The van der Waals surface area contributed by atoms with Gasteiger partial charge in [-0.15, -0.1) is 0 Å². The highest BCUT2D eigenvalue weighted by Gasteiger charge is 2.32. The lowest BCUT2D eigenvalue weighted by Gasteiger charge is -2.31. The number of alkyl halides is 3. The number of nitrogens with zero attached hydrogens (tertiary/aromatic N) is 2. The second-order valence-corrected chi connectivity index (χ2v) is 7.26. The molecule has 1 aromatic carbocycles. The second-order valence-electron chi connectivity index (χ2n) is 7.26. The molecule has 2 aliphatic heterocycles. The molecule has 2 aromatic rings. The Hall–Kier alpha value is -3.30. The van der Waals surface area contributed by atoms with Gasteiger partial charge < -0.3 is 19.1 Å². The zero-order valence-corrected chi connectivity index (χ0v) is 16.4. The Morgan fingerprint density at radius 2 is 1.84 bits per heavy atom. The number of fused-ring (bicyclic) bond motifs is 1. The molecular weight excluding hydrogens is 417 g/mol. The van der Waals surface area contributed by atoms with Crippen LogP contribution in [-0.2, 0) is 15.7 Å². The number of pyridine rings is 1. The molecule has 164 valence electrons. The van der Waals surface area contributed by atoms with Crippen molar-refractivity contribution in [3.8, 4) is 11.5 Å². The Labute approximate surface area is 175 Å². The van der Waals surface area contributed by atoms with Crippen molar-refractivity contribution >= 4 is 17.6 Å². The van der Waals surface area contributed by atoms with Crippen molar-refractivity contribution in [1.82, 2.24) is 4.98 Å². The average molecular weight is 436 g/mol. The first-order chi connectivity index (χ1) is 14.8. The smallest absolute Gasteiger partial charge is 0.417 e. The third kappa shape index (κ3) is 4.73. The second kappa shape index (κ2) is 8.44. The zero-order chi connectivity index (χ0) is 22.0. The van der Waals surface area contributed by atoms with Crippen LogP contribution in [-0.4, -0.2) is 43.2 Å². The van der Waals surface area contributed by atoms with Gasteiger partial charge in [0.25, 0.3) is 0 Å². The van der Waals surface area contributed by atoms with Gasteiger partial charge in [-0.3, -0.25) is 9.59 Å². The third-order valence-corrected chi connectivity index (χ3v) is 5.27. The average Bonchev–Trinajstić information content (AvgIpc) is 3.25. The number of halogens is 3. The van der Waals surface area contributed by atoms with Gasteiger partial charge in [-0.25, -0.2) is 4.98 Å². The number of hydrogen-bond donors (Lipinski definition) is 0. The molecule has 10 heteroatoms. The summed E-state index contributed by atoms with van der Waals surface area (Å²) in [7, 11) is 0. The summed E-state index contributed by atoms with van der Waals surface area (Å²) in [6.45, 7) is 0.629. The molecule has 31 heavy (non-hydrogen) atoms. The molecule has 0 atom stereocenters. The Morgan fingerprint density at radius 3 is 2.52 bits per heavy atom. The lowest BCUT2D eigenvalue weighted by molar-refractivity contribution is -0.148. The van der Waals surface area contributed by atoms with E-state index in [1.807, 2.05) is 4.90 Å². The van der Waals surface area contributed by atoms with Gasteiger partial charge in [0.1, 0.15) is 5.82 Å². The Balaban J connectivity index is 1.26. The van der Waals surface area contributed by atoms with Crippen molar-refractivity contribution in [3.63, 3.8) is 0 Å². The molecule has 3 heterocycles. The topological polar surface area (TPSA) is 78.0 Å². The summed E-state index contributed by atoms with van der Waals surface area (Å²) < 4.78 is 53.6. The Kier molecular flexibility index (Phi) is 5.71. The lowest BCUT2D eigenvalue weighted by atomic mass is 9.97. The highest BCUT2D eigenvalue weighted by atomic mass is 19.4. The van der Waals surface area contributed by atoms with Gasteiger partial charge in [0.15, 0.2) is 23.9 Å². The minimum atomic E-state index is -4.43. The number of ether oxygens (including phenoxy) is 3.